The van der Waals surface area contributed by atoms with Crippen molar-refractivity contribution in [2.75, 3.05) is 0 Å². The van der Waals surface area contributed by atoms with E-state index in [0.29, 0.717) is 40.7 Å². The van der Waals surface area contributed by atoms with Crippen LogP contribution in [0.1, 0.15) is 85.8 Å². The monoisotopic (exact) mass is 555 g/mol. The minimum absolute atomic E-state index is 0.0384. The number of carbonyl (C=O) groups is 3. The van der Waals surface area contributed by atoms with E-state index in [4.69, 9.17) is 5.73 Å². The molecule has 9 nitrogen and oxygen atoms in total. The van der Waals surface area contributed by atoms with E-state index >= 15 is 0 Å². The molecule has 1 heterocycles. The van der Waals surface area contributed by atoms with Gasteiger partial charge in [-0.05, 0) is 54.3 Å². The number of fused-ring (bicyclic) bond motifs is 1. The van der Waals surface area contributed by atoms with Gasteiger partial charge in [-0.1, -0.05) is 63.4 Å². The summed E-state index contributed by atoms with van der Waals surface area (Å²) in [6.07, 6.45) is 6.49. The molecule has 41 heavy (non-hydrogen) atoms. The Kier molecular flexibility index (Phi) is 9.49. The standard InChI is InChI=1S/C32H37N5O4/c1-32(2,24-12-8-7-9-13-24)25-18-23(21-34-29(39)14-10-5-3-4-6-11-17-38)30(40)28(20-25)37-35-26-16-15-22(31(33)41)19-27(26)36-37/h7-9,12-13,15-20,40H,3-6,10-11,14,21H2,1-2H3,(H2,33,41)(H,34,39). The number of benzene rings is 3. The van der Waals surface area contributed by atoms with Gasteiger partial charge in [0.15, 0.2) is 0 Å². The van der Waals surface area contributed by atoms with Gasteiger partial charge in [0.2, 0.25) is 11.8 Å². The van der Waals surface area contributed by atoms with Gasteiger partial charge in [-0.3, -0.25) is 9.59 Å². The van der Waals surface area contributed by atoms with Crippen LogP contribution in [0.25, 0.3) is 16.7 Å². The normalized spacial score (nSPS) is 11.5. The fourth-order valence-corrected chi connectivity index (χ4v) is 4.85. The Bertz CT molecular complexity index is 1530. The average Bonchev–Trinajstić information content (AvgIpc) is 3.39. The maximum atomic E-state index is 12.6. The Balaban J connectivity index is 1.61. The zero-order chi connectivity index (χ0) is 29.4. The molecule has 0 bridgehead atoms. The van der Waals surface area contributed by atoms with E-state index in [9.17, 15) is 19.5 Å². The molecule has 0 saturated carbocycles. The number of aromatic nitrogens is 3. The highest BCUT2D eigenvalue weighted by Crippen LogP contribution is 2.37. The Morgan fingerprint density at radius 1 is 0.927 bits per heavy atom. The number of nitrogens with one attached hydrogen (secondary N) is 1. The first-order chi connectivity index (χ1) is 19.7. The molecule has 0 fully saturated rings. The molecule has 0 atom stereocenters. The maximum absolute atomic E-state index is 12.6. The number of aromatic hydroxyl groups is 1. The van der Waals surface area contributed by atoms with Crippen molar-refractivity contribution < 1.29 is 19.5 Å². The number of carbonyl (C=O) groups excluding carboxylic acids is 3. The van der Waals surface area contributed by atoms with Crippen LogP contribution in [-0.4, -0.2) is 38.2 Å². The molecule has 0 unspecified atom stereocenters. The van der Waals surface area contributed by atoms with Gasteiger partial charge in [0.05, 0.1) is 0 Å². The lowest BCUT2D eigenvalue weighted by atomic mass is 9.77. The summed E-state index contributed by atoms with van der Waals surface area (Å²) in [4.78, 5) is 36.1. The third-order valence-corrected chi connectivity index (χ3v) is 7.47. The van der Waals surface area contributed by atoms with Crippen molar-refractivity contribution in [2.45, 2.75) is 70.8 Å². The molecule has 4 aromatic rings. The fraction of sp³-hybridized carbons (Fsp3) is 0.344. The van der Waals surface area contributed by atoms with E-state index in [2.05, 4.69) is 41.5 Å². The number of nitrogens with zero attached hydrogens (tertiary/aromatic N) is 3. The lowest BCUT2D eigenvalue weighted by molar-refractivity contribution is -0.121. The number of rotatable bonds is 14. The van der Waals surface area contributed by atoms with Gasteiger partial charge in [-0.15, -0.1) is 15.0 Å². The van der Waals surface area contributed by atoms with Crippen LogP contribution >= 0.6 is 0 Å². The molecule has 0 spiro atoms. The Labute approximate surface area is 239 Å². The number of amides is 2. The zero-order valence-electron chi connectivity index (χ0n) is 23.6. The first kappa shape index (κ1) is 29.5. The molecule has 0 radical (unpaired) electrons. The highest BCUT2D eigenvalue weighted by molar-refractivity contribution is 5.96. The number of nitrogens with two attached hydrogens (primary N) is 1. The third kappa shape index (κ3) is 7.16. The number of hydrogen-bond donors (Lipinski definition) is 3. The van der Waals surface area contributed by atoms with Gasteiger partial charge in [0.1, 0.15) is 28.8 Å². The summed E-state index contributed by atoms with van der Waals surface area (Å²) in [6.45, 7) is 4.34. The van der Waals surface area contributed by atoms with Gasteiger partial charge < -0.3 is 21.0 Å². The molecule has 4 rings (SSSR count). The maximum Gasteiger partial charge on any atom is 0.248 e. The van der Waals surface area contributed by atoms with Crippen molar-refractivity contribution in [3.05, 3.63) is 82.9 Å². The van der Waals surface area contributed by atoms with Gasteiger partial charge in [-0.2, -0.15) is 0 Å². The summed E-state index contributed by atoms with van der Waals surface area (Å²) >= 11 is 0. The quantitative estimate of drug-likeness (QED) is 0.146. The second-order valence-electron chi connectivity index (χ2n) is 10.8. The molecular formula is C32H37N5O4. The number of phenolic OH excluding ortho intramolecular Hbond substituents is 1. The number of aldehydes is 1. The molecule has 0 saturated heterocycles. The third-order valence-electron chi connectivity index (χ3n) is 7.47. The van der Waals surface area contributed by atoms with Crippen molar-refractivity contribution >= 4 is 29.1 Å². The van der Waals surface area contributed by atoms with Crippen molar-refractivity contribution in [3.63, 3.8) is 0 Å². The van der Waals surface area contributed by atoms with Crippen LogP contribution in [0.3, 0.4) is 0 Å². The number of hydrogen-bond acceptors (Lipinski definition) is 6. The van der Waals surface area contributed by atoms with Crippen LogP contribution in [0.5, 0.6) is 5.75 Å². The topological polar surface area (TPSA) is 140 Å². The molecule has 0 aliphatic heterocycles. The van der Waals surface area contributed by atoms with Crippen LogP contribution < -0.4 is 11.1 Å². The predicted molar refractivity (Wildman–Crippen MR) is 158 cm³/mol. The summed E-state index contributed by atoms with van der Waals surface area (Å²) in [5, 5.41) is 23.4. The predicted octanol–water partition coefficient (Wildman–Crippen LogP) is 5.10. The number of unbranched alkanes of at least 4 members (excludes halogenated alkanes) is 5. The fourth-order valence-electron chi connectivity index (χ4n) is 4.85. The second kappa shape index (κ2) is 13.2. The van der Waals surface area contributed by atoms with Crippen LogP contribution in [-0.2, 0) is 21.5 Å². The molecule has 4 N–H and O–H groups in total. The van der Waals surface area contributed by atoms with Gasteiger partial charge in [0, 0.05) is 35.9 Å². The van der Waals surface area contributed by atoms with E-state index < -0.39 is 11.3 Å². The highest BCUT2D eigenvalue weighted by atomic mass is 16.3. The van der Waals surface area contributed by atoms with Crippen molar-refractivity contribution in [1.82, 2.24) is 20.3 Å². The van der Waals surface area contributed by atoms with E-state index in [-0.39, 0.29) is 18.2 Å². The van der Waals surface area contributed by atoms with Crippen molar-refractivity contribution in [2.24, 2.45) is 5.73 Å². The zero-order valence-corrected chi connectivity index (χ0v) is 23.6. The summed E-state index contributed by atoms with van der Waals surface area (Å²) in [5.41, 5.74) is 9.23. The first-order valence-corrected chi connectivity index (χ1v) is 14.0. The van der Waals surface area contributed by atoms with Gasteiger partial charge in [0.25, 0.3) is 0 Å². The van der Waals surface area contributed by atoms with Crippen molar-refractivity contribution in [1.29, 1.82) is 0 Å². The van der Waals surface area contributed by atoms with Crippen molar-refractivity contribution in [3.8, 4) is 11.4 Å². The molecule has 214 valence electrons. The summed E-state index contributed by atoms with van der Waals surface area (Å²) in [6, 6.07) is 18.6. The summed E-state index contributed by atoms with van der Waals surface area (Å²) in [7, 11) is 0. The molecule has 2 amide bonds. The van der Waals surface area contributed by atoms with Gasteiger partial charge >= 0.3 is 0 Å². The average molecular weight is 556 g/mol. The second-order valence-corrected chi connectivity index (χ2v) is 10.8. The SMILES string of the molecule is CC(C)(c1ccccc1)c1cc(CNC(=O)CCCCCCCC=O)c(O)c(-n2nc3ccc(C(N)=O)cc3n2)c1. The molecular weight excluding hydrogens is 518 g/mol. The molecule has 0 aliphatic carbocycles. The minimum Gasteiger partial charge on any atom is -0.505 e. The van der Waals surface area contributed by atoms with E-state index in [1.165, 1.54) is 4.80 Å². The molecule has 1 aromatic heterocycles. The summed E-state index contributed by atoms with van der Waals surface area (Å²) < 4.78 is 0. The van der Waals surface area contributed by atoms with Crippen LogP contribution in [0.2, 0.25) is 0 Å². The Morgan fingerprint density at radius 3 is 2.37 bits per heavy atom. The minimum atomic E-state index is -0.563. The van der Waals surface area contributed by atoms with Crippen LogP contribution in [0.4, 0.5) is 0 Å². The lowest BCUT2D eigenvalue weighted by Gasteiger charge is -2.28. The van der Waals surface area contributed by atoms with E-state index in [0.717, 1.165) is 49.5 Å². The molecule has 3 aromatic carbocycles. The van der Waals surface area contributed by atoms with E-state index in [1.54, 1.807) is 18.2 Å². The number of primary amides is 1. The van der Waals surface area contributed by atoms with Crippen LogP contribution in [0.15, 0.2) is 60.7 Å². The van der Waals surface area contributed by atoms with E-state index in [1.807, 2.05) is 30.3 Å². The highest BCUT2D eigenvalue weighted by Gasteiger charge is 2.26. The molecule has 0 aliphatic rings. The first-order valence-electron chi connectivity index (χ1n) is 14.0. The molecule has 9 heteroatoms. The van der Waals surface area contributed by atoms with Crippen LogP contribution in [0, 0.1) is 0 Å². The summed E-state index contributed by atoms with van der Waals surface area (Å²) in [5.74, 6) is -0.691. The largest absolute Gasteiger partial charge is 0.505 e. The smallest absolute Gasteiger partial charge is 0.248 e. The lowest BCUT2D eigenvalue weighted by Crippen LogP contribution is -2.24. The van der Waals surface area contributed by atoms with Gasteiger partial charge in [-0.25, -0.2) is 0 Å². The Morgan fingerprint density at radius 2 is 1.63 bits per heavy atom. The Hall–Kier alpha value is -4.53. The number of phenols is 1.